The van der Waals surface area contributed by atoms with Crippen LogP contribution in [0.5, 0.6) is 5.75 Å². The first kappa shape index (κ1) is 18.9. The number of nitrogens with zero attached hydrogens (tertiary/aromatic N) is 1. The van der Waals surface area contributed by atoms with Crippen LogP contribution in [-0.4, -0.2) is 23.3 Å². The van der Waals surface area contributed by atoms with Crippen molar-refractivity contribution in [1.82, 2.24) is 0 Å². The molecular weight excluding hydrogens is 358 g/mol. The summed E-state index contributed by atoms with van der Waals surface area (Å²) < 4.78 is 7.47. The molecule has 1 aliphatic rings. The Labute approximate surface area is 171 Å². The van der Waals surface area contributed by atoms with Crippen LogP contribution in [0.2, 0.25) is 0 Å². The Hall–Kier alpha value is -3.46. The highest BCUT2D eigenvalue weighted by Gasteiger charge is 2.42. The molecule has 0 amide bonds. The number of benzene rings is 3. The van der Waals surface area contributed by atoms with Gasteiger partial charge in [0.25, 0.3) is 0 Å². The predicted molar refractivity (Wildman–Crippen MR) is 119 cm³/mol. The van der Waals surface area contributed by atoms with Gasteiger partial charge in [-0.1, -0.05) is 43.0 Å². The number of carbonyl (C=O) groups excluding carboxylic acids is 1. The first-order valence-corrected chi connectivity index (χ1v) is 9.67. The lowest BCUT2D eigenvalue weighted by molar-refractivity contribution is -0.401. The monoisotopic (exact) mass is 382 g/mol. The smallest absolute Gasteiger partial charge is 0.335 e. The topological polar surface area (TPSA) is 29.3 Å². The van der Waals surface area contributed by atoms with E-state index in [1.165, 1.54) is 17.0 Å². The van der Waals surface area contributed by atoms with Gasteiger partial charge >= 0.3 is 5.97 Å². The van der Waals surface area contributed by atoms with Crippen molar-refractivity contribution in [1.29, 1.82) is 0 Å². The minimum Gasteiger partial charge on any atom is -0.423 e. The van der Waals surface area contributed by atoms with Crippen molar-refractivity contribution >= 4 is 34.2 Å². The number of allylic oxidation sites excluding steroid dienone is 1. The highest BCUT2D eigenvalue weighted by atomic mass is 16.5. The molecule has 0 saturated carbocycles. The molecule has 0 fully saturated rings. The van der Waals surface area contributed by atoms with Crippen LogP contribution in [0, 0.1) is 0 Å². The fraction of sp³-hybridized carbons (Fsp3) is 0.154. The summed E-state index contributed by atoms with van der Waals surface area (Å²) in [6, 6.07) is 20.5. The Morgan fingerprint density at radius 2 is 1.72 bits per heavy atom. The molecule has 0 unspecified atom stereocenters. The van der Waals surface area contributed by atoms with Gasteiger partial charge in [-0.3, -0.25) is 0 Å². The van der Waals surface area contributed by atoms with Crippen molar-refractivity contribution in [2.45, 2.75) is 19.3 Å². The second kappa shape index (κ2) is 7.17. The van der Waals surface area contributed by atoms with Crippen LogP contribution in [0.3, 0.4) is 0 Å². The third-order valence-corrected chi connectivity index (χ3v) is 5.59. The summed E-state index contributed by atoms with van der Waals surface area (Å²) in [5, 5.41) is 2.12. The summed E-state index contributed by atoms with van der Waals surface area (Å²) in [5.74, 6) is 0.0681. The Morgan fingerprint density at radius 1 is 1.00 bits per heavy atom. The number of rotatable bonds is 4. The zero-order chi connectivity index (χ0) is 20.6. The molecular formula is C26H24NO2+. The predicted octanol–water partition coefficient (Wildman–Crippen LogP) is 5.65. The molecule has 0 aromatic heterocycles. The van der Waals surface area contributed by atoms with E-state index in [4.69, 9.17) is 4.74 Å². The zero-order valence-electron chi connectivity index (χ0n) is 17.0. The molecule has 1 heterocycles. The van der Waals surface area contributed by atoms with Gasteiger partial charge in [-0.25, -0.2) is 4.79 Å². The Balaban J connectivity index is 1.64. The molecule has 0 atom stereocenters. The second-order valence-corrected chi connectivity index (χ2v) is 7.81. The summed E-state index contributed by atoms with van der Waals surface area (Å²) in [6.07, 6.45) is 5.53. The van der Waals surface area contributed by atoms with E-state index in [0.717, 1.165) is 22.4 Å². The molecule has 3 heteroatoms. The Bertz CT molecular complexity index is 1200. The van der Waals surface area contributed by atoms with Crippen LogP contribution in [0.15, 0.2) is 79.4 Å². The van der Waals surface area contributed by atoms with Gasteiger partial charge < -0.3 is 4.74 Å². The molecule has 3 aromatic rings. The van der Waals surface area contributed by atoms with Crippen LogP contribution in [0.1, 0.15) is 25.0 Å². The first-order valence-electron chi connectivity index (χ1n) is 9.67. The van der Waals surface area contributed by atoms with E-state index in [1.807, 2.05) is 18.2 Å². The lowest BCUT2D eigenvalue weighted by Crippen LogP contribution is -2.26. The third kappa shape index (κ3) is 3.40. The minimum atomic E-state index is -0.453. The zero-order valence-corrected chi connectivity index (χ0v) is 17.0. The standard InChI is InChI=1S/C26H24NO2/c1-5-25(28)29-21-14-13-19-16-18(10-12-20(19)17-21)11-15-24-26(2,3)22-8-6-7-9-23(22)27(24)4/h5-17H,1H2,2-4H3/q+1/b15-11+. The van der Waals surface area contributed by atoms with Crippen LogP contribution in [0.4, 0.5) is 5.69 Å². The largest absolute Gasteiger partial charge is 0.423 e. The van der Waals surface area contributed by atoms with Gasteiger partial charge in [-0.15, -0.1) is 0 Å². The summed E-state index contributed by atoms with van der Waals surface area (Å²) in [7, 11) is 2.12. The van der Waals surface area contributed by atoms with E-state index >= 15 is 0 Å². The van der Waals surface area contributed by atoms with E-state index in [1.54, 1.807) is 6.07 Å². The molecule has 3 nitrogen and oxygen atoms in total. The van der Waals surface area contributed by atoms with E-state index in [9.17, 15) is 4.79 Å². The maximum absolute atomic E-state index is 11.4. The third-order valence-electron chi connectivity index (χ3n) is 5.59. The van der Waals surface area contributed by atoms with Gasteiger partial charge in [-0.2, -0.15) is 4.58 Å². The molecule has 0 aliphatic carbocycles. The van der Waals surface area contributed by atoms with Crippen molar-refractivity contribution in [2.24, 2.45) is 0 Å². The number of ether oxygens (including phenoxy) is 1. The lowest BCUT2D eigenvalue weighted by atomic mass is 9.81. The van der Waals surface area contributed by atoms with Gasteiger partial charge in [-0.05, 0) is 54.5 Å². The molecule has 0 spiro atoms. The van der Waals surface area contributed by atoms with Gasteiger partial charge in [0, 0.05) is 23.8 Å². The minimum absolute atomic E-state index is 0.0391. The molecule has 0 radical (unpaired) electrons. The maximum Gasteiger partial charge on any atom is 0.335 e. The molecule has 3 aromatic carbocycles. The highest BCUT2D eigenvalue weighted by Crippen LogP contribution is 2.39. The average Bonchev–Trinajstić information content (AvgIpc) is 2.92. The summed E-state index contributed by atoms with van der Waals surface area (Å²) in [4.78, 5) is 11.4. The molecule has 0 N–H and O–H groups in total. The van der Waals surface area contributed by atoms with Crippen molar-refractivity contribution in [2.75, 3.05) is 7.05 Å². The van der Waals surface area contributed by atoms with E-state index in [-0.39, 0.29) is 5.41 Å². The molecule has 0 bridgehead atoms. The highest BCUT2D eigenvalue weighted by molar-refractivity contribution is 6.05. The normalized spacial score (nSPS) is 15.0. The van der Waals surface area contributed by atoms with Gasteiger partial charge in [0.05, 0.1) is 5.41 Å². The van der Waals surface area contributed by atoms with Gasteiger partial charge in [0.15, 0.2) is 5.71 Å². The summed E-state index contributed by atoms with van der Waals surface area (Å²) in [6.45, 7) is 7.96. The number of carbonyl (C=O) groups is 1. The molecule has 29 heavy (non-hydrogen) atoms. The molecule has 4 rings (SSSR count). The Kier molecular flexibility index (Phi) is 4.67. The van der Waals surface area contributed by atoms with Crippen molar-refractivity contribution in [3.05, 3.63) is 90.5 Å². The summed E-state index contributed by atoms with van der Waals surface area (Å²) >= 11 is 0. The number of para-hydroxylation sites is 1. The number of hydrogen-bond acceptors (Lipinski definition) is 2. The van der Waals surface area contributed by atoms with Gasteiger partial charge in [0.1, 0.15) is 12.8 Å². The van der Waals surface area contributed by atoms with Crippen molar-refractivity contribution in [3.63, 3.8) is 0 Å². The van der Waals surface area contributed by atoms with Crippen LogP contribution >= 0.6 is 0 Å². The molecule has 144 valence electrons. The van der Waals surface area contributed by atoms with Crippen molar-refractivity contribution in [3.8, 4) is 5.75 Å². The number of esters is 1. The second-order valence-electron chi connectivity index (χ2n) is 7.81. The maximum atomic E-state index is 11.4. The van der Waals surface area contributed by atoms with Crippen LogP contribution in [-0.2, 0) is 10.2 Å². The van der Waals surface area contributed by atoms with E-state index in [2.05, 4.69) is 80.6 Å². The average molecular weight is 382 g/mol. The van der Waals surface area contributed by atoms with Gasteiger partial charge in [0.2, 0.25) is 5.69 Å². The van der Waals surface area contributed by atoms with E-state index < -0.39 is 5.97 Å². The fourth-order valence-electron chi connectivity index (χ4n) is 4.04. The molecule has 1 aliphatic heterocycles. The van der Waals surface area contributed by atoms with E-state index in [0.29, 0.717) is 5.75 Å². The van der Waals surface area contributed by atoms with Crippen LogP contribution < -0.4 is 4.74 Å². The molecule has 0 saturated heterocycles. The van der Waals surface area contributed by atoms with Crippen LogP contribution in [0.25, 0.3) is 16.8 Å². The number of hydrogen-bond donors (Lipinski definition) is 0. The number of fused-ring (bicyclic) bond motifs is 2. The quantitative estimate of drug-likeness (QED) is 0.252. The Morgan fingerprint density at radius 3 is 2.48 bits per heavy atom. The first-order chi connectivity index (χ1) is 13.9. The van der Waals surface area contributed by atoms with Crippen molar-refractivity contribution < 1.29 is 14.1 Å². The SMILES string of the molecule is C=CC(=O)Oc1ccc2cc(/C=C/C3=[N+](C)c4ccccc4C3(C)C)ccc2c1. The lowest BCUT2D eigenvalue weighted by Gasteiger charge is -2.15. The summed E-state index contributed by atoms with van der Waals surface area (Å²) in [5.41, 5.74) is 4.97. The fourth-order valence-corrected chi connectivity index (χ4v) is 4.04.